The van der Waals surface area contributed by atoms with Crippen LogP contribution in [-0.4, -0.2) is 42.3 Å². The monoisotopic (exact) mass is 347 g/mol. The normalized spacial score (nSPS) is 10.2. The Hall–Kier alpha value is -0.720. The Morgan fingerprint density at radius 2 is 2.26 bits per heavy atom. The van der Waals surface area contributed by atoms with Gasteiger partial charge in [0.1, 0.15) is 5.75 Å². The van der Waals surface area contributed by atoms with E-state index in [0.29, 0.717) is 12.3 Å². The molecular weight excluding hydrogens is 330 g/mol. The van der Waals surface area contributed by atoms with Crippen molar-refractivity contribution in [2.45, 2.75) is 6.42 Å². The number of carbonyl (C=O) groups is 1. The van der Waals surface area contributed by atoms with Crippen LogP contribution in [0.25, 0.3) is 0 Å². The smallest absolute Gasteiger partial charge is 0.257 e. The second kappa shape index (κ2) is 10.1. The molecule has 0 spiro atoms. The lowest BCUT2D eigenvalue weighted by Gasteiger charge is -2.07. The number of aliphatic hydroxyl groups excluding tert-OH is 1. The van der Waals surface area contributed by atoms with Crippen molar-refractivity contribution in [3.8, 4) is 5.75 Å². The van der Waals surface area contributed by atoms with Crippen LogP contribution in [0.3, 0.4) is 0 Å². The van der Waals surface area contributed by atoms with Crippen molar-refractivity contribution in [3.05, 3.63) is 28.7 Å². The van der Waals surface area contributed by atoms with Gasteiger partial charge in [0.05, 0.1) is 0 Å². The standard InChI is InChI=1S/C13H18BrNO3S/c14-11-3-1-4-12(9-11)18-10-13(17)15-5-8-19-7-2-6-16/h1,3-4,9,16H,2,5-8,10H2,(H,15,17). The Bertz CT molecular complexity index is 390. The summed E-state index contributed by atoms with van der Waals surface area (Å²) in [6.07, 6.45) is 0.796. The molecule has 1 rings (SSSR count). The van der Waals surface area contributed by atoms with Gasteiger partial charge in [-0.15, -0.1) is 0 Å². The Labute approximate surface area is 126 Å². The molecular formula is C13H18BrNO3S. The van der Waals surface area contributed by atoms with Gasteiger partial charge in [0.2, 0.25) is 0 Å². The molecule has 0 aliphatic heterocycles. The van der Waals surface area contributed by atoms with Gasteiger partial charge in [-0.2, -0.15) is 11.8 Å². The van der Waals surface area contributed by atoms with Gasteiger partial charge in [0, 0.05) is 23.4 Å². The first-order chi connectivity index (χ1) is 9.22. The first kappa shape index (κ1) is 16.3. The van der Waals surface area contributed by atoms with Crippen molar-refractivity contribution in [1.29, 1.82) is 0 Å². The molecule has 1 aromatic rings. The van der Waals surface area contributed by atoms with E-state index in [4.69, 9.17) is 9.84 Å². The number of hydrogen-bond acceptors (Lipinski definition) is 4. The number of carbonyl (C=O) groups excluding carboxylic acids is 1. The van der Waals surface area contributed by atoms with Crippen molar-refractivity contribution in [1.82, 2.24) is 5.32 Å². The lowest BCUT2D eigenvalue weighted by Crippen LogP contribution is -2.30. The molecule has 6 heteroatoms. The molecule has 0 saturated carbocycles. The van der Waals surface area contributed by atoms with Crippen molar-refractivity contribution in [2.24, 2.45) is 0 Å². The first-order valence-electron chi connectivity index (χ1n) is 6.06. The van der Waals surface area contributed by atoms with E-state index in [2.05, 4.69) is 21.2 Å². The summed E-state index contributed by atoms with van der Waals surface area (Å²) in [6.45, 7) is 0.869. The maximum atomic E-state index is 11.5. The SMILES string of the molecule is O=C(COc1cccc(Br)c1)NCCSCCCO. The van der Waals surface area contributed by atoms with Crippen molar-refractivity contribution in [2.75, 3.05) is 31.3 Å². The first-order valence-corrected chi connectivity index (χ1v) is 8.01. The zero-order valence-corrected chi connectivity index (χ0v) is 13.0. The molecule has 0 heterocycles. The van der Waals surface area contributed by atoms with Crippen LogP contribution in [0.2, 0.25) is 0 Å². The van der Waals surface area contributed by atoms with Crippen LogP contribution in [0.1, 0.15) is 6.42 Å². The fourth-order valence-electron chi connectivity index (χ4n) is 1.29. The number of amides is 1. The minimum absolute atomic E-state index is 0.0256. The van der Waals surface area contributed by atoms with Gasteiger partial charge in [-0.1, -0.05) is 22.0 Å². The third kappa shape index (κ3) is 8.13. The summed E-state index contributed by atoms with van der Waals surface area (Å²) in [5.41, 5.74) is 0. The van der Waals surface area contributed by atoms with E-state index < -0.39 is 0 Å². The zero-order valence-electron chi connectivity index (χ0n) is 10.6. The predicted molar refractivity (Wildman–Crippen MR) is 81.7 cm³/mol. The molecule has 0 radical (unpaired) electrons. The van der Waals surface area contributed by atoms with Gasteiger partial charge in [0.15, 0.2) is 6.61 Å². The number of ether oxygens (including phenoxy) is 1. The maximum absolute atomic E-state index is 11.5. The van der Waals surface area contributed by atoms with E-state index in [1.54, 1.807) is 11.8 Å². The molecule has 1 aromatic carbocycles. The highest BCUT2D eigenvalue weighted by Gasteiger charge is 2.02. The van der Waals surface area contributed by atoms with Crippen LogP contribution in [0.4, 0.5) is 0 Å². The van der Waals surface area contributed by atoms with E-state index in [9.17, 15) is 4.79 Å². The summed E-state index contributed by atoms with van der Waals surface area (Å²) in [4.78, 5) is 11.5. The number of hydrogen-bond donors (Lipinski definition) is 2. The Kier molecular flexibility index (Phi) is 8.69. The van der Waals surface area contributed by atoms with Crippen LogP contribution >= 0.6 is 27.7 Å². The van der Waals surface area contributed by atoms with Crippen LogP contribution in [0.15, 0.2) is 28.7 Å². The maximum Gasteiger partial charge on any atom is 0.257 e. The fraction of sp³-hybridized carbons (Fsp3) is 0.462. The molecule has 0 aliphatic carbocycles. The quantitative estimate of drug-likeness (QED) is 0.671. The van der Waals surface area contributed by atoms with Crippen molar-refractivity contribution < 1.29 is 14.6 Å². The van der Waals surface area contributed by atoms with Crippen LogP contribution < -0.4 is 10.1 Å². The number of thioether (sulfide) groups is 1. The van der Waals surface area contributed by atoms with Crippen LogP contribution in [0.5, 0.6) is 5.75 Å². The Morgan fingerprint density at radius 3 is 3.00 bits per heavy atom. The summed E-state index contributed by atoms with van der Waals surface area (Å²) in [7, 11) is 0. The molecule has 0 saturated heterocycles. The molecule has 4 nitrogen and oxygen atoms in total. The van der Waals surface area contributed by atoms with Crippen LogP contribution in [0, 0.1) is 0 Å². The van der Waals surface area contributed by atoms with Gasteiger partial charge in [0.25, 0.3) is 5.91 Å². The van der Waals surface area contributed by atoms with E-state index in [-0.39, 0.29) is 19.1 Å². The average Bonchev–Trinajstić information content (AvgIpc) is 2.40. The van der Waals surface area contributed by atoms with E-state index in [0.717, 1.165) is 22.4 Å². The third-order valence-corrected chi connectivity index (χ3v) is 3.74. The molecule has 19 heavy (non-hydrogen) atoms. The molecule has 0 aliphatic rings. The summed E-state index contributed by atoms with van der Waals surface area (Å²) in [5, 5.41) is 11.4. The topological polar surface area (TPSA) is 58.6 Å². The average molecular weight is 348 g/mol. The highest BCUT2D eigenvalue weighted by molar-refractivity contribution is 9.10. The van der Waals surface area contributed by atoms with E-state index in [1.165, 1.54) is 0 Å². The second-order valence-electron chi connectivity index (χ2n) is 3.79. The highest BCUT2D eigenvalue weighted by atomic mass is 79.9. The number of rotatable bonds is 9. The summed E-state index contributed by atoms with van der Waals surface area (Å²) >= 11 is 5.05. The summed E-state index contributed by atoms with van der Waals surface area (Å²) in [6, 6.07) is 7.38. The van der Waals surface area contributed by atoms with E-state index >= 15 is 0 Å². The van der Waals surface area contributed by atoms with Gasteiger partial charge in [-0.3, -0.25) is 4.79 Å². The molecule has 0 atom stereocenters. The molecule has 0 unspecified atom stereocenters. The zero-order chi connectivity index (χ0) is 13.9. The van der Waals surface area contributed by atoms with Gasteiger partial charge >= 0.3 is 0 Å². The minimum atomic E-state index is -0.122. The molecule has 0 bridgehead atoms. The molecule has 2 N–H and O–H groups in total. The van der Waals surface area contributed by atoms with Crippen molar-refractivity contribution >= 4 is 33.6 Å². The molecule has 106 valence electrons. The second-order valence-corrected chi connectivity index (χ2v) is 5.93. The Morgan fingerprint density at radius 1 is 1.42 bits per heavy atom. The van der Waals surface area contributed by atoms with Crippen molar-refractivity contribution in [3.63, 3.8) is 0 Å². The summed E-state index contributed by atoms with van der Waals surface area (Å²) in [5.74, 6) is 2.31. The largest absolute Gasteiger partial charge is 0.484 e. The van der Waals surface area contributed by atoms with Gasteiger partial charge in [-0.05, 0) is 30.4 Å². The van der Waals surface area contributed by atoms with Gasteiger partial charge < -0.3 is 15.2 Å². The van der Waals surface area contributed by atoms with E-state index in [1.807, 2.05) is 24.3 Å². The number of aliphatic hydroxyl groups is 1. The fourth-order valence-corrected chi connectivity index (χ4v) is 2.45. The molecule has 0 fully saturated rings. The molecule has 1 amide bonds. The van der Waals surface area contributed by atoms with Gasteiger partial charge in [-0.25, -0.2) is 0 Å². The van der Waals surface area contributed by atoms with Crippen LogP contribution in [-0.2, 0) is 4.79 Å². The highest BCUT2D eigenvalue weighted by Crippen LogP contribution is 2.17. The number of halogens is 1. The Balaban J connectivity index is 2.08. The number of nitrogens with one attached hydrogen (secondary N) is 1. The third-order valence-electron chi connectivity index (χ3n) is 2.18. The predicted octanol–water partition coefficient (Wildman–Crippen LogP) is 2.06. The molecule has 0 aromatic heterocycles. The lowest BCUT2D eigenvalue weighted by molar-refractivity contribution is -0.122. The lowest BCUT2D eigenvalue weighted by atomic mass is 10.3. The minimum Gasteiger partial charge on any atom is -0.484 e. The summed E-state index contributed by atoms with van der Waals surface area (Å²) < 4.78 is 6.28. The number of benzene rings is 1.